The minimum atomic E-state index is -0.554. The van der Waals surface area contributed by atoms with E-state index in [1.165, 1.54) is 40.9 Å². The first-order chi connectivity index (χ1) is 16.9. The van der Waals surface area contributed by atoms with Crippen molar-refractivity contribution < 1.29 is 18.1 Å². The highest BCUT2D eigenvalue weighted by atomic mass is 35.5. The van der Waals surface area contributed by atoms with Gasteiger partial charge in [0.2, 0.25) is 11.7 Å². The fourth-order valence-electron chi connectivity index (χ4n) is 3.44. The van der Waals surface area contributed by atoms with Gasteiger partial charge in [0.1, 0.15) is 18.2 Å². The standard InChI is InChI=1S/C23H15ClF2N6O3/c24-18-10-16(26)7-6-14(18)11-27-19(33)12-32-23(34)31-8-2-5-17(21(31)29-32)22-28-20(30-35-22)13-3-1-4-15(25)9-13/h1-10H,11-12H2,(H,27,33). The molecule has 35 heavy (non-hydrogen) atoms. The molecule has 5 rings (SSSR count). The van der Waals surface area contributed by atoms with Crippen LogP contribution in [0.2, 0.25) is 5.02 Å². The van der Waals surface area contributed by atoms with Gasteiger partial charge in [0, 0.05) is 23.3 Å². The van der Waals surface area contributed by atoms with E-state index < -0.39 is 23.2 Å². The number of hydrogen-bond donors (Lipinski definition) is 1. The summed E-state index contributed by atoms with van der Waals surface area (Å²) in [5.41, 5.74) is 0.948. The number of amides is 1. The Kier molecular flexibility index (Phi) is 5.83. The largest absolute Gasteiger partial charge is 0.350 e. The second-order valence-electron chi connectivity index (χ2n) is 7.50. The van der Waals surface area contributed by atoms with Crippen molar-refractivity contribution in [2.24, 2.45) is 0 Å². The van der Waals surface area contributed by atoms with Crippen LogP contribution < -0.4 is 11.0 Å². The van der Waals surface area contributed by atoms with Crippen LogP contribution in [0.15, 0.2) is 70.1 Å². The Hall–Kier alpha value is -4.38. The van der Waals surface area contributed by atoms with Crippen molar-refractivity contribution in [1.82, 2.24) is 29.6 Å². The van der Waals surface area contributed by atoms with Gasteiger partial charge in [-0.05, 0) is 42.0 Å². The second kappa shape index (κ2) is 9.11. The van der Waals surface area contributed by atoms with Crippen LogP contribution in [0.4, 0.5) is 8.78 Å². The Morgan fingerprint density at radius 3 is 2.71 bits per heavy atom. The molecule has 0 radical (unpaired) electrons. The summed E-state index contributed by atoms with van der Waals surface area (Å²) >= 11 is 5.98. The van der Waals surface area contributed by atoms with Crippen molar-refractivity contribution in [2.75, 3.05) is 0 Å². The second-order valence-corrected chi connectivity index (χ2v) is 7.91. The van der Waals surface area contributed by atoms with Crippen molar-refractivity contribution >= 4 is 23.2 Å². The maximum Gasteiger partial charge on any atom is 0.350 e. The van der Waals surface area contributed by atoms with Gasteiger partial charge in [-0.1, -0.05) is 35.0 Å². The first kappa shape index (κ1) is 22.4. The first-order valence-corrected chi connectivity index (χ1v) is 10.7. The third-order valence-corrected chi connectivity index (χ3v) is 5.49. The molecule has 9 nitrogen and oxygen atoms in total. The average molecular weight is 497 g/mol. The Morgan fingerprint density at radius 1 is 1.09 bits per heavy atom. The highest BCUT2D eigenvalue weighted by Crippen LogP contribution is 2.25. The van der Waals surface area contributed by atoms with Crippen molar-refractivity contribution in [3.05, 3.63) is 93.5 Å². The fraction of sp³-hybridized carbons (Fsp3) is 0.0870. The van der Waals surface area contributed by atoms with Crippen LogP contribution in [0.25, 0.3) is 28.5 Å². The molecular weight excluding hydrogens is 482 g/mol. The number of benzene rings is 2. The predicted molar refractivity (Wildman–Crippen MR) is 121 cm³/mol. The van der Waals surface area contributed by atoms with Crippen LogP contribution in [-0.4, -0.2) is 30.2 Å². The summed E-state index contributed by atoms with van der Waals surface area (Å²) < 4.78 is 34.3. The summed E-state index contributed by atoms with van der Waals surface area (Å²) in [5, 5.41) is 10.9. The molecule has 12 heteroatoms. The molecule has 0 saturated carbocycles. The van der Waals surface area contributed by atoms with Crippen LogP contribution >= 0.6 is 11.6 Å². The quantitative estimate of drug-likeness (QED) is 0.386. The molecule has 0 spiro atoms. The summed E-state index contributed by atoms with van der Waals surface area (Å²) in [6.07, 6.45) is 1.49. The first-order valence-electron chi connectivity index (χ1n) is 10.3. The molecule has 0 aliphatic carbocycles. The number of nitrogens with zero attached hydrogens (tertiary/aromatic N) is 5. The molecule has 176 valence electrons. The van der Waals surface area contributed by atoms with Crippen molar-refractivity contribution in [3.8, 4) is 22.8 Å². The molecule has 0 atom stereocenters. The van der Waals surface area contributed by atoms with Crippen molar-refractivity contribution in [1.29, 1.82) is 0 Å². The number of hydrogen-bond acceptors (Lipinski definition) is 6. The summed E-state index contributed by atoms with van der Waals surface area (Å²) in [6, 6.07) is 12.8. The summed E-state index contributed by atoms with van der Waals surface area (Å²) in [6.45, 7) is -0.312. The van der Waals surface area contributed by atoms with Gasteiger partial charge in [-0.3, -0.25) is 4.79 Å². The van der Waals surface area contributed by atoms with E-state index in [9.17, 15) is 18.4 Å². The predicted octanol–water partition coefficient (Wildman–Crippen LogP) is 3.46. The zero-order chi connectivity index (χ0) is 24.5. The van der Waals surface area contributed by atoms with E-state index in [0.29, 0.717) is 16.7 Å². The van der Waals surface area contributed by atoms with Crippen molar-refractivity contribution in [2.45, 2.75) is 13.1 Å². The number of rotatable bonds is 6. The third-order valence-electron chi connectivity index (χ3n) is 5.13. The van der Waals surface area contributed by atoms with E-state index in [4.69, 9.17) is 16.1 Å². The van der Waals surface area contributed by atoms with Gasteiger partial charge in [-0.2, -0.15) is 4.98 Å². The number of halogens is 3. The maximum absolute atomic E-state index is 13.5. The smallest absolute Gasteiger partial charge is 0.350 e. The van der Waals surface area contributed by atoms with E-state index in [2.05, 4.69) is 20.6 Å². The summed E-state index contributed by atoms with van der Waals surface area (Å²) in [4.78, 5) is 29.5. The molecule has 2 aromatic carbocycles. The van der Waals surface area contributed by atoms with Crippen LogP contribution in [0.3, 0.4) is 0 Å². The van der Waals surface area contributed by atoms with Crippen LogP contribution in [0.1, 0.15) is 5.56 Å². The van der Waals surface area contributed by atoms with Crippen LogP contribution in [0.5, 0.6) is 0 Å². The van der Waals surface area contributed by atoms with Gasteiger partial charge in [0.25, 0.3) is 5.89 Å². The molecule has 0 saturated heterocycles. The van der Waals surface area contributed by atoms with Gasteiger partial charge >= 0.3 is 5.69 Å². The number of nitrogens with one attached hydrogen (secondary N) is 1. The zero-order valence-electron chi connectivity index (χ0n) is 17.8. The molecule has 1 N–H and O–H groups in total. The Labute approximate surface area is 200 Å². The lowest BCUT2D eigenvalue weighted by molar-refractivity contribution is -0.122. The Bertz CT molecular complexity index is 1630. The highest BCUT2D eigenvalue weighted by Gasteiger charge is 2.19. The van der Waals surface area contributed by atoms with Gasteiger partial charge in [0.15, 0.2) is 5.65 Å². The molecule has 1 amide bonds. The number of fused-ring (bicyclic) bond motifs is 1. The highest BCUT2D eigenvalue weighted by molar-refractivity contribution is 6.31. The third kappa shape index (κ3) is 4.53. The van der Waals surface area contributed by atoms with E-state index >= 15 is 0 Å². The monoisotopic (exact) mass is 496 g/mol. The SMILES string of the molecule is O=C(Cn1nc2c(-c3nc(-c4cccc(F)c4)no3)cccn2c1=O)NCc1ccc(F)cc1Cl. The molecule has 0 unspecified atom stereocenters. The molecule has 3 heterocycles. The van der Waals surface area contributed by atoms with Crippen LogP contribution in [-0.2, 0) is 17.9 Å². The molecular formula is C23H15ClF2N6O3. The van der Waals surface area contributed by atoms with Gasteiger partial charge in [0.05, 0.1) is 5.56 Å². The maximum atomic E-state index is 13.5. The van der Waals surface area contributed by atoms with E-state index in [-0.39, 0.29) is 35.5 Å². The molecule has 5 aromatic rings. The number of carbonyl (C=O) groups excluding carboxylic acids is 1. The van der Waals surface area contributed by atoms with Crippen molar-refractivity contribution in [3.63, 3.8) is 0 Å². The van der Waals surface area contributed by atoms with Crippen LogP contribution in [0, 0.1) is 11.6 Å². The lowest BCUT2D eigenvalue weighted by Gasteiger charge is -2.06. The topological polar surface area (TPSA) is 107 Å². The van der Waals surface area contributed by atoms with E-state index in [1.54, 1.807) is 18.2 Å². The minimum absolute atomic E-state index is 0.0517. The van der Waals surface area contributed by atoms with E-state index in [0.717, 1.165) is 10.7 Å². The molecule has 0 bridgehead atoms. The fourth-order valence-corrected chi connectivity index (χ4v) is 3.67. The van der Waals surface area contributed by atoms with E-state index in [1.807, 2.05) is 0 Å². The Balaban J connectivity index is 1.39. The molecule has 0 fully saturated rings. The lowest BCUT2D eigenvalue weighted by Crippen LogP contribution is -2.32. The minimum Gasteiger partial charge on any atom is -0.350 e. The van der Waals surface area contributed by atoms with Gasteiger partial charge < -0.3 is 9.84 Å². The van der Waals surface area contributed by atoms with Gasteiger partial charge in [-0.15, -0.1) is 5.10 Å². The number of pyridine rings is 1. The normalized spacial score (nSPS) is 11.2. The molecule has 0 aliphatic heterocycles. The summed E-state index contributed by atoms with van der Waals surface area (Å²) in [7, 11) is 0. The molecule has 0 aliphatic rings. The lowest BCUT2D eigenvalue weighted by atomic mass is 10.2. The molecule has 3 aromatic heterocycles. The zero-order valence-corrected chi connectivity index (χ0v) is 18.5. The Morgan fingerprint density at radius 2 is 1.91 bits per heavy atom. The van der Waals surface area contributed by atoms with Gasteiger partial charge in [-0.25, -0.2) is 22.7 Å². The summed E-state index contributed by atoms with van der Waals surface area (Å²) in [5.74, 6) is -1.18. The average Bonchev–Trinajstić information content (AvgIpc) is 3.44. The number of aromatic nitrogens is 5. The number of carbonyl (C=O) groups is 1.